The van der Waals surface area contributed by atoms with Gasteiger partial charge in [-0.1, -0.05) is 59.6 Å². The van der Waals surface area contributed by atoms with Crippen LogP contribution in [-0.2, 0) is 16.1 Å². The Morgan fingerprint density at radius 3 is 2.29 bits per heavy atom. The van der Waals surface area contributed by atoms with Gasteiger partial charge in [-0.3, -0.25) is 9.59 Å². The minimum atomic E-state index is -0.259. The molecule has 2 amide bonds. The van der Waals surface area contributed by atoms with Crippen LogP contribution in [0.4, 0.5) is 0 Å². The summed E-state index contributed by atoms with van der Waals surface area (Å²) in [6, 6.07) is 13.7. The van der Waals surface area contributed by atoms with Gasteiger partial charge in [0.15, 0.2) is 0 Å². The van der Waals surface area contributed by atoms with Crippen molar-refractivity contribution in [1.29, 1.82) is 0 Å². The molecule has 0 radical (unpaired) electrons. The molecule has 2 fully saturated rings. The Labute approximate surface area is 207 Å². The molecule has 2 bridgehead atoms. The highest BCUT2D eigenvalue weighted by molar-refractivity contribution is 6.42. The van der Waals surface area contributed by atoms with Gasteiger partial charge in [0.25, 0.3) is 11.8 Å². The molecule has 2 heterocycles. The molecule has 1 aromatic heterocycles. The fourth-order valence-electron chi connectivity index (χ4n) is 5.93. The smallest absolute Gasteiger partial charge is 0.254 e. The predicted octanol–water partition coefficient (Wildman–Crippen LogP) is 5.84. The van der Waals surface area contributed by atoms with Gasteiger partial charge in [0.2, 0.25) is 0 Å². The topological polar surface area (TPSA) is 54.7 Å². The number of imide groups is 1. The number of hydrazone groups is 1. The molecule has 0 N–H and O–H groups in total. The van der Waals surface area contributed by atoms with Gasteiger partial charge < -0.3 is 4.57 Å². The Kier molecular flexibility index (Phi) is 5.16. The summed E-state index contributed by atoms with van der Waals surface area (Å²) in [6.07, 6.45) is 7.86. The molecule has 34 heavy (non-hydrogen) atoms. The van der Waals surface area contributed by atoms with Crippen LogP contribution >= 0.6 is 23.2 Å². The standard InChI is InChI=1S/C27H23Cl2N3O2/c1-15-20(13-30-32-26(33)24-17-7-8-18(10-9-17)25(24)27(32)34)19-4-2-3-5-23(19)31(15)14-16-6-11-21(28)22(29)12-16/h2-8,11-13,17-18,24-25H,9-10,14H2,1H3/b30-13+. The summed E-state index contributed by atoms with van der Waals surface area (Å²) in [7, 11) is 0. The number of hydrogen-bond donors (Lipinski definition) is 0. The summed E-state index contributed by atoms with van der Waals surface area (Å²) >= 11 is 12.3. The van der Waals surface area contributed by atoms with Crippen molar-refractivity contribution < 1.29 is 9.59 Å². The van der Waals surface area contributed by atoms with E-state index in [2.05, 4.69) is 27.9 Å². The molecule has 4 unspecified atom stereocenters. The molecule has 7 heteroatoms. The first-order chi connectivity index (χ1) is 16.4. The molecular formula is C27H23Cl2N3O2. The summed E-state index contributed by atoms with van der Waals surface area (Å²) in [4.78, 5) is 26.3. The maximum atomic E-state index is 13.1. The Balaban J connectivity index is 1.36. The molecule has 0 spiro atoms. The number of para-hydroxylation sites is 1. The van der Waals surface area contributed by atoms with E-state index < -0.39 is 0 Å². The first kappa shape index (κ1) is 21.6. The average Bonchev–Trinajstić information content (AvgIpc) is 3.27. The van der Waals surface area contributed by atoms with E-state index in [1.165, 1.54) is 0 Å². The zero-order valence-electron chi connectivity index (χ0n) is 18.6. The predicted molar refractivity (Wildman–Crippen MR) is 134 cm³/mol. The second kappa shape index (κ2) is 8.10. The molecule has 5 nitrogen and oxygen atoms in total. The number of benzene rings is 2. The molecule has 1 aliphatic heterocycles. The lowest BCUT2D eigenvalue weighted by molar-refractivity contribution is -0.140. The van der Waals surface area contributed by atoms with Gasteiger partial charge in [-0.15, -0.1) is 0 Å². The second-order valence-electron chi connectivity index (χ2n) is 9.43. The molecular weight excluding hydrogens is 469 g/mol. The summed E-state index contributed by atoms with van der Waals surface area (Å²) in [5.74, 6) is -0.538. The van der Waals surface area contributed by atoms with E-state index in [1.807, 2.05) is 37.3 Å². The van der Waals surface area contributed by atoms with E-state index in [1.54, 1.807) is 12.3 Å². The number of amides is 2. The number of carbonyl (C=O) groups is 2. The summed E-state index contributed by atoms with van der Waals surface area (Å²) in [6.45, 7) is 2.63. The maximum absolute atomic E-state index is 13.1. The van der Waals surface area contributed by atoms with E-state index >= 15 is 0 Å². The number of fused-ring (bicyclic) bond motifs is 2. The van der Waals surface area contributed by atoms with Crippen molar-refractivity contribution in [1.82, 2.24) is 9.58 Å². The molecule has 172 valence electrons. The lowest BCUT2D eigenvalue weighted by atomic mass is 9.63. The number of carbonyl (C=O) groups excluding carboxylic acids is 2. The highest BCUT2D eigenvalue weighted by Gasteiger charge is 2.56. The molecule has 4 aliphatic rings. The third-order valence-electron chi connectivity index (χ3n) is 7.64. The minimum absolute atomic E-state index is 0.154. The van der Waals surface area contributed by atoms with Crippen LogP contribution in [0.2, 0.25) is 10.0 Å². The lowest BCUT2D eigenvalue weighted by Gasteiger charge is -2.37. The third-order valence-corrected chi connectivity index (χ3v) is 8.38. The fraction of sp³-hybridized carbons (Fsp3) is 0.296. The van der Waals surface area contributed by atoms with Crippen LogP contribution in [0.5, 0.6) is 0 Å². The van der Waals surface area contributed by atoms with Crippen molar-refractivity contribution in [2.75, 3.05) is 0 Å². The first-order valence-corrected chi connectivity index (χ1v) is 12.3. The Morgan fingerprint density at radius 2 is 1.65 bits per heavy atom. The van der Waals surface area contributed by atoms with Gasteiger partial charge in [-0.25, -0.2) is 0 Å². The van der Waals surface area contributed by atoms with Crippen LogP contribution < -0.4 is 0 Å². The molecule has 3 aromatic rings. The summed E-state index contributed by atoms with van der Waals surface area (Å²) < 4.78 is 2.19. The Bertz CT molecular complexity index is 1370. The Morgan fingerprint density at radius 1 is 0.971 bits per heavy atom. The minimum Gasteiger partial charge on any atom is -0.340 e. The van der Waals surface area contributed by atoms with Crippen molar-refractivity contribution in [3.63, 3.8) is 0 Å². The monoisotopic (exact) mass is 491 g/mol. The lowest BCUT2D eigenvalue weighted by Crippen LogP contribution is -2.38. The zero-order valence-corrected chi connectivity index (χ0v) is 20.1. The van der Waals surface area contributed by atoms with Crippen LogP contribution in [0.3, 0.4) is 0 Å². The van der Waals surface area contributed by atoms with Crippen molar-refractivity contribution >= 4 is 52.1 Å². The van der Waals surface area contributed by atoms with Gasteiger partial charge in [-0.2, -0.15) is 10.1 Å². The molecule has 2 aromatic carbocycles. The fourth-order valence-corrected chi connectivity index (χ4v) is 6.25. The van der Waals surface area contributed by atoms with E-state index in [-0.39, 0.29) is 35.5 Å². The van der Waals surface area contributed by atoms with Crippen molar-refractivity contribution in [3.8, 4) is 0 Å². The van der Waals surface area contributed by atoms with Crippen LogP contribution in [0.1, 0.15) is 29.7 Å². The van der Waals surface area contributed by atoms with Gasteiger partial charge >= 0.3 is 0 Å². The van der Waals surface area contributed by atoms with E-state index in [4.69, 9.17) is 23.2 Å². The van der Waals surface area contributed by atoms with Crippen molar-refractivity contribution in [2.24, 2.45) is 28.8 Å². The SMILES string of the molecule is Cc1c(/C=N/N2C(=O)C3C4C=CC(CC4)C3C2=O)c2ccccc2n1Cc1ccc(Cl)c(Cl)c1. The number of allylic oxidation sites excluding steroid dienone is 2. The number of nitrogens with zero attached hydrogens (tertiary/aromatic N) is 3. The summed E-state index contributed by atoms with van der Waals surface area (Å²) in [5.41, 5.74) is 3.96. The molecule has 3 aliphatic carbocycles. The Hall–Kier alpha value is -2.89. The van der Waals surface area contributed by atoms with Crippen molar-refractivity contribution in [2.45, 2.75) is 26.3 Å². The first-order valence-electron chi connectivity index (χ1n) is 11.6. The second-order valence-corrected chi connectivity index (χ2v) is 10.2. The molecule has 7 rings (SSSR count). The molecule has 4 atom stereocenters. The summed E-state index contributed by atoms with van der Waals surface area (Å²) in [5, 5.41) is 7.65. The van der Waals surface area contributed by atoms with Gasteiger partial charge in [0.1, 0.15) is 0 Å². The normalized spacial score (nSPS) is 25.8. The zero-order chi connectivity index (χ0) is 23.6. The quantitative estimate of drug-likeness (QED) is 0.261. The van der Waals surface area contributed by atoms with Crippen LogP contribution in [0, 0.1) is 30.6 Å². The van der Waals surface area contributed by atoms with Crippen molar-refractivity contribution in [3.05, 3.63) is 81.5 Å². The van der Waals surface area contributed by atoms with Gasteiger partial charge in [-0.05, 0) is 55.4 Å². The largest absolute Gasteiger partial charge is 0.340 e. The van der Waals surface area contributed by atoms with E-state index in [0.717, 1.165) is 45.6 Å². The average molecular weight is 492 g/mol. The number of aromatic nitrogens is 1. The third kappa shape index (κ3) is 3.25. The highest BCUT2D eigenvalue weighted by atomic mass is 35.5. The number of rotatable bonds is 4. The number of hydrogen-bond acceptors (Lipinski definition) is 3. The van der Waals surface area contributed by atoms with E-state index in [0.29, 0.717) is 16.6 Å². The molecule has 1 saturated heterocycles. The van der Waals surface area contributed by atoms with Gasteiger partial charge in [0.05, 0.1) is 28.1 Å². The maximum Gasteiger partial charge on any atom is 0.254 e. The molecule has 1 saturated carbocycles. The highest BCUT2D eigenvalue weighted by Crippen LogP contribution is 2.49. The van der Waals surface area contributed by atoms with Crippen LogP contribution in [0.25, 0.3) is 10.9 Å². The van der Waals surface area contributed by atoms with Crippen LogP contribution in [0.15, 0.2) is 59.7 Å². The number of halogens is 2. The van der Waals surface area contributed by atoms with Crippen LogP contribution in [-0.4, -0.2) is 27.6 Å². The van der Waals surface area contributed by atoms with E-state index in [9.17, 15) is 9.59 Å². The van der Waals surface area contributed by atoms with Gasteiger partial charge in [0, 0.05) is 28.7 Å².